The quantitative estimate of drug-likeness (QED) is 0.510. The minimum absolute atomic E-state index is 0.394. The molecule has 0 aliphatic heterocycles. The molecule has 4 rings (SSSR count). The van der Waals surface area contributed by atoms with E-state index in [1.807, 2.05) is 36.4 Å². The van der Waals surface area contributed by atoms with Crippen molar-refractivity contribution in [3.8, 4) is 0 Å². The minimum Gasteiger partial charge on any atom is -0.267 e. The van der Waals surface area contributed by atoms with Gasteiger partial charge in [0, 0.05) is 16.1 Å². The van der Waals surface area contributed by atoms with Crippen LogP contribution in [-0.2, 0) is 6.54 Å². The Kier molecular flexibility index (Phi) is 5.22. The third-order valence-electron chi connectivity index (χ3n) is 4.36. The summed E-state index contributed by atoms with van der Waals surface area (Å²) in [5.41, 5.74) is 8.36. The Morgan fingerprint density at radius 2 is 1.41 bits per heavy atom. The number of aromatic nitrogens is 3. The summed E-state index contributed by atoms with van der Waals surface area (Å²) in [7, 11) is 0. The highest BCUT2D eigenvalue weighted by Gasteiger charge is 2.10. The second kappa shape index (κ2) is 8.12. The molecule has 2 amide bonds. The number of halogens is 1. The van der Waals surface area contributed by atoms with E-state index >= 15 is 0 Å². The van der Waals surface area contributed by atoms with Gasteiger partial charge >= 0.3 is 0 Å². The number of nitrogens with zero attached hydrogens (tertiary/aromatic N) is 3. The van der Waals surface area contributed by atoms with Crippen LogP contribution in [0.15, 0.2) is 72.8 Å². The van der Waals surface area contributed by atoms with Crippen molar-refractivity contribution in [3.63, 3.8) is 0 Å². The average molecular weight is 406 g/mol. The third kappa shape index (κ3) is 4.25. The fourth-order valence-corrected chi connectivity index (χ4v) is 2.95. The Morgan fingerprint density at radius 3 is 2.07 bits per heavy atom. The summed E-state index contributed by atoms with van der Waals surface area (Å²) in [6, 6.07) is 21.2. The maximum atomic E-state index is 12.3. The number of hydrogen-bond acceptors (Lipinski definition) is 4. The van der Waals surface area contributed by atoms with E-state index in [0.717, 1.165) is 16.6 Å². The van der Waals surface area contributed by atoms with E-state index in [9.17, 15) is 9.59 Å². The SMILES string of the molecule is O=C(NNC(=O)c1ccc(Cn2nnc3ccccc32)cc1)c1ccc(Cl)cc1. The largest absolute Gasteiger partial charge is 0.269 e. The number of nitrogens with one attached hydrogen (secondary N) is 2. The van der Waals surface area contributed by atoms with Gasteiger partial charge < -0.3 is 0 Å². The van der Waals surface area contributed by atoms with E-state index in [1.165, 1.54) is 0 Å². The monoisotopic (exact) mass is 405 g/mol. The van der Waals surface area contributed by atoms with Crippen LogP contribution in [0.1, 0.15) is 26.3 Å². The van der Waals surface area contributed by atoms with Gasteiger partial charge in [-0.25, -0.2) is 4.68 Å². The molecule has 0 atom stereocenters. The molecule has 2 N–H and O–H groups in total. The zero-order valence-corrected chi connectivity index (χ0v) is 15.9. The van der Waals surface area contributed by atoms with E-state index in [0.29, 0.717) is 22.7 Å². The summed E-state index contributed by atoms with van der Waals surface area (Å²) in [5.74, 6) is -0.838. The Labute approximate surface area is 171 Å². The first-order valence-electron chi connectivity index (χ1n) is 8.83. The maximum absolute atomic E-state index is 12.3. The van der Waals surface area contributed by atoms with Crippen LogP contribution in [0.25, 0.3) is 11.0 Å². The van der Waals surface area contributed by atoms with Crippen molar-refractivity contribution >= 4 is 34.4 Å². The summed E-state index contributed by atoms with van der Waals surface area (Å²) in [5, 5.41) is 8.83. The molecule has 144 valence electrons. The molecule has 0 saturated carbocycles. The number of para-hydroxylation sites is 1. The van der Waals surface area contributed by atoms with Crippen molar-refractivity contribution in [2.75, 3.05) is 0 Å². The average Bonchev–Trinajstić information content (AvgIpc) is 3.16. The second-order valence-corrected chi connectivity index (χ2v) is 6.78. The van der Waals surface area contributed by atoms with Gasteiger partial charge in [0.25, 0.3) is 11.8 Å². The molecule has 7 nitrogen and oxygen atoms in total. The molecular weight excluding hydrogens is 390 g/mol. The van der Waals surface area contributed by atoms with Crippen molar-refractivity contribution in [2.45, 2.75) is 6.54 Å². The van der Waals surface area contributed by atoms with E-state index in [-0.39, 0.29) is 0 Å². The number of hydrazine groups is 1. The predicted octanol–water partition coefficient (Wildman–Crippen LogP) is 3.21. The fourth-order valence-electron chi connectivity index (χ4n) is 2.83. The third-order valence-corrected chi connectivity index (χ3v) is 4.62. The van der Waals surface area contributed by atoms with Gasteiger partial charge in [-0.1, -0.05) is 41.1 Å². The van der Waals surface area contributed by atoms with Crippen molar-refractivity contribution < 1.29 is 9.59 Å². The van der Waals surface area contributed by atoms with Gasteiger partial charge in [-0.3, -0.25) is 20.4 Å². The lowest BCUT2D eigenvalue weighted by atomic mass is 10.1. The molecule has 0 radical (unpaired) electrons. The molecule has 3 aromatic carbocycles. The van der Waals surface area contributed by atoms with Gasteiger partial charge in [-0.15, -0.1) is 5.10 Å². The molecule has 4 aromatic rings. The number of carbonyl (C=O) groups excluding carboxylic acids is 2. The first-order chi connectivity index (χ1) is 14.1. The predicted molar refractivity (Wildman–Crippen MR) is 109 cm³/mol. The first-order valence-corrected chi connectivity index (χ1v) is 9.21. The number of carbonyl (C=O) groups is 2. The Balaban J connectivity index is 1.37. The summed E-state index contributed by atoms with van der Waals surface area (Å²) in [4.78, 5) is 24.3. The van der Waals surface area contributed by atoms with Crippen LogP contribution in [0.5, 0.6) is 0 Å². The number of hydrogen-bond donors (Lipinski definition) is 2. The molecule has 29 heavy (non-hydrogen) atoms. The smallest absolute Gasteiger partial charge is 0.267 e. The summed E-state index contributed by atoms with van der Waals surface area (Å²) in [6.07, 6.45) is 0. The standard InChI is InChI=1S/C21H16ClN5O2/c22-17-11-9-16(10-12-17)21(29)25-24-20(28)15-7-5-14(6-8-15)13-27-19-4-2-1-3-18(19)23-26-27/h1-12H,13H2,(H,24,28)(H,25,29). The molecule has 8 heteroatoms. The van der Waals surface area contributed by atoms with Crippen LogP contribution < -0.4 is 10.9 Å². The Morgan fingerprint density at radius 1 is 0.828 bits per heavy atom. The maximum Gasteiger partial charge on any atom is 0.269 e. The van der Waals surface area contributed by atoms with Crippen LogP contribution in [0.2, 0.25) is 5.02 Å². The molecular formula is C21H16ClN5O2. The fraction of sp³-hybridized carbons (Fsp3) is 0.0476. The number of amides is 2. The zero-order valence-electron chi connectivity index (χ0n) is 15.2. The molecule has 1 heterocycles. The van der Waals surface area contributed by atoms with Gasteiger partial charge in [0.15, 0.2) is 0 Å². The Hall–Kier alpha value is -3.71. The lowest BCUT2D eigenvalue weighted by Crippen LogP contribution is -2.41. The highest BCUT2D eigenvalue weighted by Crippen LogP contribution is 2.13. The molecule has 0 bridgehead atoms. The lowest BCUT2D eigenvalue weighted by Gasteiger charge is -2.08. The van der Waals surface area contributed by atoms with Crippen molar-refractivity contribution in [2.24, 2.45) is 0 Å². The highest BCUT2D eigenvalue weighted by molar-refractivity contribution is 6.30. The normalized spacial score (nSPS) is 10.7. The van der Waals surface area contributed by atoms with E-state index in [2.05, 4.69) is 21.2 Å². The molecule has 0 saturated heterocycles. The number of rotatable bonds is 4. The van der Waals surface area contributed by atoms with E-state index in [4.69, 9.17) is 11.6 Å². The van der Waals surface area contributed by atoms with Gasteiger partial charge in [0.1, 0.15) is 5.52 Å². The molecule has 0 aliphatic carbocycles. The second-order valence-electron chi connectivity index (χ2n) is 6.35. The first kappa shape index (κ1) is 18.6. The van der Waals surface area contributed by atoms with Gasteiger partial charge in [0.2, 0.25) is 0 Å². The minimum atomic E-state index is -0.426. The molecule has 0 spiro atoms. The van der Waals surface area contributed by atoms with Crippen LogP contribution in [0, 0.1) is 0 Å². The molecule has 1 aromatic heterocycles. The summed E-state index contributed by atoms with van der Waals surface area (Å²) >= 11 is 5.80. The van der Waals surface area contributed by atoms with Gasteiger partial charge in [0.05, 0.1) is 12.1 Å². The summed E-state index contributed by atoms with van der Waals surface area (Å²) in [6.45, 7) is 0.537. The topological polar surface area (TPSA) is 88.9 Å². The molecule has 0 aliphatic rings. The van der Waals surface area contributed by atoms with Crippen molar-refractivity contribution in [1.29, 1.82) is 0 Å². The van der Waals surface area contributed by atoms with E-state index < -0.39 is 11.8 Å². The van der Waals surface area contributed by atoms with Crippen LogP contribution >= 0.6 is 11.6 Å². The Bertz CT molecular complexity index is 1170. The van der Waals surface area contributed by atoms with Crippen LogP contribution in [0.4, 0.5) is 0 Å². The van der Waals surface area contributed by atoms with Crippen molar-refractivity contribution in [3.05, 3.63) is 94.5 Å². The zero-order chi connectivity index (χ0) is 20.2. The van der Waals surface area contributed by atoms with Crippen LogP contribution in [-0.4, -0.2) is 26.8 Å². The van der Waals surface area contributed by atoms with Gasteiger partial charge in [-0.2, -0.15) is 0 Å². The lowest BCUT2D eigenvalue weighted by molar-refractivity contribution is 0.0846. The molecule has 0 fully saturated rings. The summed E-state index contributed by atoms with van der Waals surface area (Å²) < 4.78 is 1.80. The van der Waals surface area contributed by atoms with E-state index in [1.54, 1.807) is 41.1 Å². The number of fused-ring (bicyclic) bond motifs is 1. The number of benzene rings is 3. The van der Waals surface area contributed by atoms with Crippen molar-refractivity contribution in [1.82, 2.24) is 25.8 Å². The highest BCUT2D eigenvalue weighted by atomic mass is 35.5. The van der Waals surface area contributed by atoms with Crippen LogP contribution in [0.3, 0.4) is 0 Å². The van der Waals surface area contributed by atoms with Gasteiger partial charge in [-0.05, 0) is 54.1 Å². The molecule has 0 unspecified atom stereocenters.